The van der Waals surface area contributed by atoms with Crippen molar-refractivity contribution in [3.8, 4) is 0 Å². The number of carbonyl (C=O) groups is 1. The maximum Gasteiger partial charge on any atom is 0.291 e. The maximum absolute atomic E-state index is 12.0. The molecule has 0 saturated carbocycles. The lowest BCUT2D eigenvalue weighted by Gasteiger charge is -2.20. The number of carbonyl (C=O) groups excluding carboxylic acids is 1. The molecule has 0 aliphatic carbocycles. The molecular weight excluding hydrogens is 332 g/mol. The van der Waals surface area contributed by atoms with Crippen LogP contribution in [-0.2, 0) is 6.54 Å². The third kappa shape index (κ3) is 4.64. The zero-order valence-corrected chi connectivity index (χ0v) is 14.8. The standard InChI is InChI=1S/C19H24N4O3/c1-2-20-19(23-10-9-16(24)13-23)21-12-14-5-7-15(8-6-14)22-18(25)17-4-3-11-26-17/h3-8,11,16,24H,2,9-10,12-13H2,1H3,(H,20,21)(H,22,25)/t16-/m1/s1. The van der Waals surface area contributed by atoms with Gasteiger partial charge in [-0.15, -0.1) is 0 Å². The van der Waals surface area contributed by atoms with Gasteiger partial charge in [0, 0.05) is 25.3 Å². The summed E-state index contributed by atoms with van der Waals surface area (Å²) in [6, 6.07) is 10.9. The molecule has 0 unspecified atom stereocenters. The number of nitrogens with one attached hydrogen (secondary N) is 2. The highest BCUT2D eigenvalue weighted by Gasteiger charge is 2.22. The number of hydrogen-bond donors (Lipinski definition) is 3. The lowest BCUT2D eigenvalue weighted by molar-refractivity contribution is 0.0996. The predicted octanol–water partition coefficient (Wildman–Crippen LogP) is 2.06. The van der Waals surface area contributed by atoms with Gasteiger partial charge in [0.1, 0.15) is 0 Å². The van der Waals surface area contributed by atoms with Crippen LogP contribution in [0.4, 0.5) is 5.69 Å². The number of aliphatic imine (C=N–C) groups is 1. The fourth-order valence-electron chi connectivity index (χ4n) is 2.82. The van der Waals surface area contributed by atoms with Crippen LogP contribution in [0.15, 0.2) is 52.1 Å². The van der Waals surface area contributed by atoms with Crippen LogP contribution in [0.5, 0.6) is 0 Å². The average Bonchev–Trinajstić information content (AvgIpc) is 3.31. The van der Waals surface area contributed by atoms with E-state index in [2.05, 4.69) is 20.5 Å². The van der Waals surface area contributed by atoms with Crippen LogP contribution in [-0.4, -0.2) is 47.6 Å². The molecule has 1 aromatic carbocycles. The molecule has 7 nitrogen and oxygen atoms in total. The van der Waals surface area contributed by atoms with Gasteiger partial charge in [0.05, 0.1) is 18.9 Å². The van der Waals surface area contributed by atoms with E-state index in [9.17, 15) is 9.90 Å². The van der Waals surface area contributed by atoms with Crippen LogP contribution in [0.2, 0.25) is 0 Å². The van der Waals surface area contributed by atoms with Gasteiger partial charge in [0.15, 0.2) is 11.7 Å². The summed E-state index contributed by atoms with van der Waals surface area (Å²) in [7, 11) is 0. The number of nitrogens with zero attached hydrogens (tertiary/aromatic N) is 2. The first-order valence-electron chi connectivity index (χ1n) is 8.81. The Labute approximate surface area is 152 Å². The number of rotatable bonds is 5. The Balaban J connectivity index is 1.60. The second kappa shape index (κ2) is 8.53. The zero-order chi connectivity index (χ0) is 18.4. The van der Waals surface area contributed by atoms with Crippen LogP contribution >= 0.6 is 0 Å². The number of β-amino-alcohol motifs (C(OH)–C–C–N with tert-alkyl or cyclic N) is 1. The highest BCUT2D eigenvalue weighted by Crippen LogP contribution is 2.13. The fourth-order valence-corrected chi connectivity index (χ4v) is 2.82. The first-order chi connectivity index (χ1) is 12.7. The Hall–Kier alpha value is -2.80. The van der Waals surface area contributed by atoms with Crippen molar-refractivity contribution in [2.24, 2.45) is 4.99 Å². The topological polar surface area (TPSA) is 90.1 Å². The first-order valence-corrected chi connectivity index (χ1v) is 8.81. The van der Waals surface area contributed by atoms with Crippen molar-refractivity contribution in [2.45, 2.75) is 26.0 Å². The quantitative estimate of drug-likeness (QED) is 0.564. The fraction of sp³-hybridized carbons (Fsp3) is 0.368. The van der Waals surface area contributed by atoms with Crippen molar-refractivity contribution >= 4 is 17.6 Å². The lowest BCUT2D eigenvalue weighted by atomic mass is 10.2. The van der Waals surface area contributed by atoms with E-state index in [0.29, 0.717) is 18.8 Å². The molecule has 0 radical (unpaired) electrons. The average molecular weight is 356 g/mol. The van der Waals surface area contributed by atoms with E-state index in [0.717, 1.165) is 31.0 Å². The van der Waals surface area contributed by atoms with Crippen LogP contribution in [0.25, 0.3) is 0 Å². The molecule has 1 aliphatic rings. The molecule has 0 spiro atoms. The molecule has 7 heteroatoms. The number of furan rings is 1. The van der Waals surface area contributed by atoms with Gasteiger partial charge < -0.3 is 25.1 Å². The van der Waals surface area contributed by atoms with Gasteiger partial charge in [-0.05, 0) is 43.2 Å². The van der Waals surface area contributed by atoms with E-state index in [4.69, 9.17) is 4.42 Å². The smallest absolute Gasteiger partial charge is 0.291 e. The zero-order valence-electron chi connectivity index (χ0n) is 14.8. The maximum atomic E-state index is 12.0. The largest absolute Gasteiger partial charge is 0.459 e. The molecule has 0 bridgehead atoms. The Morgan fingerprint density at radius 2 is 2.15 bits per heavy atom. The van der Waals surface area contributed by atoms with Crippen molar-refractivity contribution in [1.29, 1.82) is 0 Å². The van der Waals surface area contributed by atoms with Crippen molar-refractivity contribution in [1.82, 2.24) is 10.2 Å². The van der Waals surface area contributed by atoms with Crippen molar-refractivity contribution in [3.63, 3.8) is 0 Å². The minimum absolute atomic E-state index is 0.275. The van der Waals surface area contributed by atoms with Gasteiger partial charge in [-0.2, -0.15) is 0 Å². The molecule has 3 N–H and O–H groups in total. The normalized spacial score (nSPS) is 17.4. The molecule has 138 valence electrons. The predicted molar refractivity (Wildman–Crippen MR) is 100 cm³/mol. The SMILES string of the molecule is CCNC(=NCc1ccc(NC(=O)c2ccco2)cc1)N1CC[C@@H](O)C1. The summed E-state index contributed by atoms with van der Waals surface area (Å²) in [4.78, 5) is 18.7. The van der Waals surface area contributed by atoms with E-state index < -0.39 is 0 Å². The number of likely N-dealkylation sites (tertiary alicyclic amines) is 1. The van der Waals surface area contributed by atoms with Gasteiger partial charge in [0.2, 0.25) is 0 Å². The summed E-state index contributed by atoms with van der Waals surface area (Å²) in [5.74, 6) is 0.823. The Morgan fingerprint density at radius 3 is 2.77 bits per heavy atom. The van der Waals surface area contributed by atoms with Crippen LogP contribution < -0.4 is 10.6 Å². The molecule has 1 aromatic heterocycles. The minimum atomic E-state index is -0.282. The van der Waals surface area contributed by atoms with E-state index >= 15 is 0 Å². The molecule has 26 heavy (non-hydrogen) atoms. The van der Waals surface area contributed by atoms with Crippen molar-refractivity contribution < 1.29 is 14.3 Å². The third-order valence-electron chi connectivity index (χ3n) is 4.17. The molecule has 2 aromatic rings. The second-order valence-electron chi connectivity index (χ2n) is 6.19. The highest BCUT2D eigenvalue weighted by atomic mass is 16.3. The van der Waals surface area contributed by atoms with Gasteiger partial charge in [-0.3, -0.25) is 4.79 Å². The number of aliphatic hydroxyl groups is 1. The van der Waals surface area contributed by atoms with Crippen LogP contribution in [0, 0.1) is 0 Å². The summed E-state index contributed by atoms with van der Waals surface area (Å²) in [6.45, 7) is 4.76. The van der Waals surface area contributed by atoms with Gasteiger partial charge in [-0.25, -0.2) is 4.99 Å². The van der Waals surface area contributed by atoms with Gasteiger partial charge in [-0.1, -0.05) is 12.1 Å². The first kappa shape index (κ1) is 18.0. The van der Waals surface area contributed by atoms with E-state index in [1.165, 1.54) is 6.26 Å². The second-order valence-corrected chi connectivity index (χ2v) is 6.19. The monoisotopic (exact) mass is 356 g/mol. The van der Waals surface area contributed by atoms with E-state index in [1.54, 1.807) is 12.1 Å². The van der Waals surface area contributed by atoms with E-state index in [-0.39, 0.29) is 17.8 Å². The number of hydrogen-bond acceptors (Lipinski definition) is 4. The van der Waals surface area contributed by atoms with Gasteiger partial charge >= 0.3 is 0 Å². The number of anilines is 1. The molecule has 3 rings (SSSR count). The van der Waals surface area contributed by atoms with Crippen molar-refractivity contribution in [3.05, 3.63) is 54.0 Å². The van der Waals surface area contributed by atoms with E-state index in [1.807, 2.05) is 31.2 Å². The number of aliphatic hydroxyl groups excluding tert-OH is 1. The van der Waals surface area contributed by atoms with Crippen LogP contribution in [0.1, 0.15) is 29.5 Å². The minimum Gasteiger partial charge on any atom is -0.459 e. The number of guanidine groups is 1. The number of amides is 1. The molecule has 1 amide bonds. The lowest BCUT2D eigenvalue weighted by Crippen LogP contribution is -2.40. The summed E-state index contributed by atoms with van der Waals surface area (Å²) >= 11 is 0. The highest BCUT2D eigenvalue weighted by molar-refractivity contribution is 6.02. The molecular formula is C19H24N4O3. The molecule has 1 aliphatic heterocycles. The van der Waals surface area contributed by atoms with Crippen LogP contribution in [0.3, 0.4) is 0 Å². The summed E-state index contributed by atoms with van der Waals surface area (Å²) < 4.78 is 5.08. The summed E-state index contributed by atoms with van der Waals surface area (Å²) in [5, 5.41) is 15.8. The molecule has 1 atom stereocenters. The number of benzene rings is 1. The summed E-state index contributed by atoms with van der Waals surface area (Å²) in [6.07, 6.45) is 1.96. The molecule has 2 heterocycles. The van der Waals surface area contributed by atoms with Crippen molar-refractivity contribution in [2.75, 3.05) is 25.0 Å². The Morgan fingerprint density at radius 1 is 1.35 bits per heavy atom. The Kier molecular flexibility index (Phi) is 5.91. The Bertz CT molecular complexity index is 741. The molecule has 1 saturated heterocycles. The molecule has 1 fully saturated rings. The summed E-state index contributed by atoms with van der Waals surface area (Å²) in [5.41, 5.74) is 1.74. The third-order valence-corrected chi connectivity index (χ3v) is 4.17. The van der Waals surface area contributed by atoms with Gasteiger partial charge in [0.25, 0.3) is 5.91 Å².